The molecule has 0 spiro atoms. The van der Waals surface area contributed by atoms with E-state index in [0.29, 0.717) is 0 Å². The summed E-state index contributed by atoms with van der Waals surface area (Å²) in [5.41, 5.74) is 13.2. The predicted molar refractivity (Wildman–Crippen MR) is 98.2 cm³/mol. The topological polar surface area (TPSA) is 3.88 Å². The van der Waals surface area contributed by atoms with Crippen LogP contribution in [0.4, 0.5) is 0 Å². The summed E-state index contributed by atoms with van der Waals surface area (Å²) in [5, 5.41) is 0. The van der Waals surface area contributed by atoms with Crippen molar-refractivity contribution in [1.29, 1.82) is 0 Å². The van der Waals surface area contributed by atoms with Crippen molar-refractivity contribution >= 4 is 0 Å². The summed E-state index contributed by atoms with van der Waals surface area (Å²) in [6.07, 6.45) is 3.24. The van der Waals surface area contributed by atoms with Crippen LogP contribution >= 0.6 is 0 Å². The summed E-state index contributed by atoms with van der Waals surface area (Å²) in [6, 6.07) is 15.8. The second-order valence-electron chi connectivity index (χ2n) is 7.80. The Kier molecular flexibility index (Phi) is 2.54. The second-order valence-corrected chi connectivity index (χ2v) is 7.80. The van der Waals surface area contributed by atoms with Crippen LogP contribution in [0, 0.1) is 6.92 Å². The van der Waals surface area contributed by atoms with Gasteiger partial charge in [-0.15, -0.1) is 0 Å². The van der Waals surface area contributed by atoms with Gasteiger partial charge in [-0.05, 0) is 52.8 Å². The fourth-order valence-electron chi connectivity index (χ4n) is 4.89. The van der Waals surface area contributed by atoms with Crippen molar-refractivity contribution in [1.82, 2.24) is 0 Å². The molecule has 0 saturated carbocycles. The number of pyridine rings is 1. The van der Waals surface area contributed by atoms with E-state index in [0.717, 1.165) is 6.42 Å². The van der Waals surface area contributed by atoms with Crippen LogP contribution in [0.3, 0.4) is 0 Å². The summed E-state index contributed by atoms with van der Waals surface area (Å²) in [4.78, 5) is 0. The maximum atomic E-state index is 2.48. The Labute approximate surface area is 143 Å². The van der Waals surface area contributed by atoms with Gasteiger partial charge in [-0.1, -0.05) is 44.2 Å². The molecule has 0 bridgehead atoms. The lowest BCUT2D eigenvalue weighted by atomic mass is 9.81. The third-order valence-corrected chi connectivity index (χ3v) is 6.09. The lowest BCUT2D eigenvalue weighted by molar-refractivity contribution is -0.660. The lowest BCUT2D eigenvalue weighted by Crippen LogP contribution is -2.31. The quantitative estimate of drug-likeness (QED) is 0.414. The molecule has 3 aromatic rings. The van der Waals surface area contributed by atoms with Crippen LogP contribution in [-0.2, 0) is 18.9 Å². The molecule has 24 heavy (non-hydrogen) atoms. The van der Waals surface area contributed by atoms with Crippen LogP contribution in [0.1, 0.15) is 41.7 Å². The first kappa shape index (κ1) is 14.0. The van der Waals surface area contributed by atoms with Crippen molar-refractivity contribution < 1.29 is 4.57 Å². The van der Waals surface area contributed by atoms with Crippen molar-refractivity contribution in [2.24, 2.45) is 7.05 Å². The van der Waals surface area contributed by atoms with Gasteiger partial charge in [0.2, 0.25) is 5.69 Å². The van der Waals surface area contributed by atoms with Crippen LogP contribution in [-0.4, -0.2) is 0 Å². The lowest BCUT2D eigenvalue weighted by Gasteiger charge is -2.21. The second kappa shape index (κ2) is 4.36. The Morgan fingerprint density at radius 3 is 2.54 bits per heavy atom. The van der Waals surface area contributed by atoms with E-state index in [4.69, 9.17) is 0 Å². The molecule has 0 unspecified atom stereocenters. The van der Waals surface area contributed by atoms with Crippen molar-refractivity contribution in [3.05, 3.63) is 76.5 Å². The van der Waals surface area contributed by atoms with Crippen LogP contribution in [0.2, 0.25) is 0 Å². The van der Waals surface area contributed by atoms with Gasteiger partial charge in [0, 0.05) is 17.0 Å². The molecule has 2 aliphatic rings. The van der Waals surface area contributed by atoms with E-state index in [2.05, 4.69) is 81.0 Å². The van der Waals surface area contributed by atoms with Gasteiger partial charge in [0.25, 0.3) is 0 Å². The standard InChI is InChI=1S/C23H22N/c1-14-20-16(12-15-8-5-6-9-17(15)20)13-19-21(14)22-18(23(19,2)3)10-7-11-24(22)4/h5-11,13H,12H2,1-4H3/q+1. The molecule has 1 heterocycles. The van der Waals surface area contributed by atoms with E-state index in [1.807, 2.05) is 0 Å². The molecule has 0 atom stereocenters. The Hall–Kier alpha value is -2.41. The Balaban J connectivity index is 1.91. The zero-order chi connectivity index (χ0) is 16.6. The summed E-state index contributed by atoms with van der Waals surface area (Å²) < 4.78 is 2.29. The average molecular weight is 312 g/mol. The van der Waals surface area contributed by atoms with Crippen molar-refractivity contribution in [2.45, 2.75) is 32.6 Å². The minimum Gasteiger partial charge on any atom is -0.201 e. The van der Waals surface area contributed by atoms with E-state index in [9.17, 15) is 0 Å². The normalized spacial score (nSPS) is 15.7. The number of benzene rings is 2. The fourth-order valence-corrected chi connectivity index (χ4v) is 4.89. The highest BCUT2D eigenvalue weighted by atomic mass is 14.9. The Morgan fingerprint density at radius 1 is 0.917 bits per heavy atom. The molecular weight excluding hydrogens is 290 g/mol. The monoisotopic (exact) mass is 312 g/mol. The number of aryl methyl sites for hydroxylation is 1. The molecule has 0 fully saturated rings. The van der Waals surface area contributed by atoms with Gasteiger partial charge in [0.15, 0.2) is 6.20 Å². The molecule has 1 nitrogen and oxygen atoms in total. The van der Waals surface area contributed by atoms with Gasteiger partial charge in [-0.2, -0.15) is 0 Å². The zero-order valence-corrected chi connectivity index (χ0v) is 14.8. The van der Waals surface area contributed by atoms with E-state index in [-0.39, 0.29) is 5.41 Å². The molecule has 0 radical (unpaired) electrons. The van der Waals surface area contributed by atoms with Crippen LogP contribution in [0.5, 0.6) is 0 Å². The first-order valence-corrected chi connectivity index (χ1v) is 8.75. The van der Waals surface area contributed by atoms with Gasteiger partial charge >= 0.3 is 0 Å². The van der Waals surface area contributed by atoms with Crippen molar-refractivity contribution in [3.63, 3.8) is 0 Å². The largest absolute Gasteiger partial charge is 0.216 e. The van der Waals surface area contributed by atoms with Gasteiger partial charge < -0.3 is 0 Å². The Bertz CT molecular complexity index is 1020. The summed E-state index contributed by atoms with van der Waals surface area (Å²) in [7, 11) is 2.17. The van der Waals surface area contributed by atoms with Crippen molar-refractivity contribution in [3.8, 4) is 22.4 Å². The smallest absolute Gasteiger partial charge is 0.201 e. The number of hydrogen-bond acceptors (Lipinski definition) is 0. The molecule has 5 rings (SSSR count). The minimum atomic E-state index is 0.0677. The zero-order valence-electron chi connectivity index (χ0n) is 14.8. The third-order valence-electron chi connectivity index (χ3n) is 6.09. The third kappa shape index (κ3) is 1.53. The van der Waals surface area contributed by atoms with E-state index in [1.54, 1.807) is 0 Å². The molecule has 0 aliphatic heterocycles. The highest BCUT2D eigenvalue weighted by Crippen LogP contribution is 2.52. The number of aromatic nitrogens is 1. The highest BCUT2D eigenvalue weighted by Gasteiger charge is 2.43. The van der Waals surface area contributed by atoms with Crippen LogP contribution in [0.25, 0.3) is 22.4 Å². The van der Waals surface area contributed by atoms with E-state index >= 15 is 0 Å². The summed E-state index contributed by atoms with van der Waals surface area (Å²) in [6.45, 7) is 7.05. The number of nitrogens with zero attached hydrogens (tertiary/aromatic N) is 1. The van der Waals surface area contributed by atoms with Crippen LogP contribution < -0.4 is 4.57 Å². The van der Waals surface area contributed by atoms with Crippen molar-refractivity contribution in [2.75, 3.05) is 0 Å². The van der Waals surface area contributed by atoms with Crippen LogP contribution in [0.15, 0.2) is 48.7 Å². The van der Waals surface area contributed by atoms with E-state index in [1.165, 1.54) is 50.2 Å². The molecule has 2 aliphatic carbocycles. The summed E-state index contributed by atoms with van der Waals surface area (Å²) >= 11 is 0. The molecule has 0 N–H and O–H groups in total. The van der Waals surface area contributed by atoms with Gasteiger partial charge in [0.05, 0.1) is 5.56 Å². The maximum Gasteiger partial charge on any atom is 0.216 e. The minimum absolute atomic E-state index is 0.0677. The van der Waals surface area contributed by atoms with E-state index < -0.39 is 0 Å². The SMILES string of the molecule is Cc1c2c(cc3c1-c1c(ccc[n+]1C)C3(C)C)Cc1ccccc1-2. The first-order chi connectivity index (χ1) is 11.5. The highest BCUT2D eigenvalue weighted by molar-refractivity contribution is 5.89. The molecular formula is C23H22N+. The predicted octanol–water partition coefficient (Wildman–Crippen LogP) is 4.70. The fraction of sp³-hybridized carbons (Fsp3) is 0.261. The summed E-state index contributed by atoms with van der Waals surface area (Å²) in [5.74, 6) is 0. The molecule has 0 amide bonds. The molecule has 0 saturated heterocycles. The number of hydrogen-bond donors (Lipinski definition) is 0. The van der Waals surface area contributed by atoms with Gasteiger partial charge in [0.1, 0.15) is 7.05 Å². The average Bonchev–Trinajstić information content (AvgIpc) is 3.03. The Morgan fingerprint density at radius 2 is 1.71 bits per heavy atom. The van der Waals surface area contributed by atoms with Gasteiger partial charge in [-0.25, -0.2) is 4.57 Å². The number of fused-ring (bicyclic) bond motifs is 6. The van der Waals surface area contributed by atoms with Gasteiger partial charge in [-0.3, -0.25) is 0 Å². The maximum absolute atomic E-state index is 2.48. The molecule has 1 heteroatoms. The first-order valence-electron chi connectivity index (χ1n) is 8.75. The molecule has 118 valence electrons. The molecule has 2 aromatic carbocycles. The number of rotatable bonds is 0. The molecule has 1 aromatic heterocycles.